The number of unbranched alkanes of at least 4 members (excludes halogenated alkanes) is 6. The van der Waals surface area contributed by atoms with E-state index in [4.69, 9.17) is 0 Å². The van der Waals surface area contributed by atoms with Crippen LogP contribution in [0.3, 0.4) is 0 Å². The van der Waals surface area contributed by atoms with Gasteiger partial charge in [0.05, 0.1) is 13.2 Å². The van der Waals surface area contributed by atoms with Crippen molar-refractivity contribution in [2.75, 3.05) is 7.11 Å². The summed E-state index contributed by atoms with van der Waals surface area (Å²) in [5.41, 5.74) is 0. The molecule has 136 valence electrons. The number of hydrogen-bond acceptors (Lipinski definition) is 3. The average molecular weight is 327 g/mol. The van der Waals surface area contributed by atoms with Crippen LogP contribution in [-0.2, 0) is 9.53 Å². The smallest absolute Gasteiger partial charge is 0.305 e. The van der Waals surface area contributed by atoms with Gasteiger partial charge in [-0.05, 0) is 37.5 Å². The monoisotopic (exact) mass is 326 g/mol. The molecule has 3 heteroatoms. The van der Waals surface area contributed by atoms with Crippen molar-refractivity contribution in [3.63, 3.8) is 0 Å². The highest BCUT2D eigenvalue weighted by molar-refractivity contribution is 5.68. The molecule has 0 heterocycles. The first-order valence-electron chi connectivity index (χ1n) is 9.94. The first kappa shape index (κ1) is 20.5. The Morgan fingerprint density at radius 3 is 2.43 bits per heavy atom. The zero-order valence-corrected chi connectivity index (χ0v) is 15.4. The zero-order valence-electron chi connectivity index (χ0n) is 15.4. The van der Waals surface area contributed by atoms with E-state index in [0.29, 0.717) is 12.3 Å². The second-order valence-corrected chi connectivity index (χ2v) is 7.30. The van der Waals surface area contributed by atoms with E-state index < -0.39 is 0 Å². The first-order chi connectivity index (χ1) is 11.2. The lowest BCUT2D eigenvalue weighted by molar-refractivity contribution is -0.140. The fourth-order valence-corrected chi connectivity index (χ4v) is 4.06. The van der Waals surface area contributed by atoms with E-state index in [1.165, 1.54) is 64.9 Å². The van der Waals surface area contributed by atoms with Crippen molar-refractivity contribution < 1.29 is 14.6 Å². The molecule has 0 spiro atoms. The molecule has 1 aliphatic carbocycles. The number of esters is 1. The summed E-state index contributed by atoms with van der Waals surface area (Å²) in [5, 5.41) is 10.4. The van der Waals surface area contributed by atoms with Gasteiger partial charge in [-0.3, -0.25) is 4.79 Å². The molecule has 0 aliphatic heterocycles. The van der Waals surface area contributed by atoms with Gasteiger partial charge >= 0.3 is 5.97 Å². The lowest BCUT2D eigenvalue weighted by atomic mass is 9.72. The van der Waals surface area contributed by atoms with Gasteiger partial charge in [0, 0.05) is 6.42 Å². The van der Waals surface area contributed by atoms with Crippen LogP contribution in [0.5, 0.6) is 0 Å². The third-order valence-electron chi connectivity index (χ3n) is 5.50. The molecule has 0 aromatic heterocycles. The van der Waals surface area contributed by atoms with E-state index in [1.54, 1.807) is 0 Å². The summed E-state index contributed by atoms with van der Waals surface area (Å²) in [6.45, 7) is 2.26. The number of aliphatic hydroxyl groups excluding tert-OH is 1. The third kappa shape index (κ3) is 8.74. The van der Waals surface area contributed by atoms with Crippen LogP contribution in [0, 0.1) is 11.8 Å². The summed E-state index contributed by atoms with van der Waals surface area (Å²) in [5.74, 6) is 1.16. The molecule has 1 fully saturated rings. The Morgan fingerprint density at radius 1 is 1.00 bits per heavy atom. The Balaban J connectivity index is 2.19. The SMILES string of the molecule is CCCCCC[C@@H]1CCC[C@H](O)[C@@H]1CCCCCCC(=O)OC. The van der Waals surface area contributed by atoms with Crippen LogP contribution >= 0.6 is 0 Å². The van der Waals surface area contributed by atoms with Crippen LogP contribution in [0.1, 0.15) is 96.8 Å². The van der Waals surface area contributed by atoms with Gasteiger partial charge in [-0.1, -0.05) is 64.7 Å². The molecule has 23 heavy (non-hydrogen) atoms. The van der Waals surface area contributed by atoms with Crippen molar-refractivity contribution in [1.82, 2.24) is 0 Å². The van der Waals surface area contributed by atoms with Gasteiger partial charge < -0.3 is 9.84 Å². The largest absolute Gasteiger partial charge is 0.469 e. The van der Waals surface area contributed by atoms with Crippen LogP contribution < -0.4 is 0 Å². The molecule has 3 atom stereocenters. The zero-order chi connectivity index (χ0) is 16.9. The molecule has 0 amide bonds. The summed E-state index contributed by atoms with van der Waals surface area (Å²) < 4.78 is 4.66. The molecule has 0 bridgehead atoms. The normalized spacial score (nSPS) is 24.6. The standard InChI is InChI=1S/C20H38O3/c1-3-4-5-8-12-17-13-11-15-19(21)18(17)14-9-6-7-10-16-20(22)23-2/h17-19,21H,3-16H2,1-2H3/t17-,18-,19+/m1/s1. The van der Waals surface area contributed by atoms with Gasteiger partial charge in [-0.25, -0.2) is 0 Å². The second-order valence-electron chi connectivity index (χ2n) is 7.30. The Hall–Kier alpha value is -0.570. The number of aliphatic hydroxyl groups is 1. The number of ether oxygens (including phenoxy) is 1. The quantitative estimate of drug-likeness (QED) is 0.394. The van der Waals surface area contributed by atoms with Crippen molar-refractivity contribution in [2.24, 2.45) is 11.8 Å². The number of methoxy groups -OCH3 is 1. The predicted octanol–water partition coefficient (Wildman–Crippen LogP) is 5.25. The number of hydrogen-bond donors (Lipinski definition) is 1. The van der Waals surface area contributed by atoms with Crippen molar-refractivity contribution in [3.05, 3.63) is 0 Å². The van der Waals surface area contributed by atoms with Gasteiger partial charge in [-0.2, -0.15) is 0 Å². The molecule has 0 aromatic rings. The highest BCUT2D eigenvalue weighted by Crippen LogP contribution is 2.37. The van der Waals surface area contributed by atoms with Crippen LogP contribution in [0.4, 0.5) is 0 Å². The van der Waals surface area contributed by atoms with Crippen molar-refractivity contribution in [2.45, 2.75) is 103 Å². The third-order valence-corrected chi connectivity index (χ3v) is 5.50. The van der Waals surface area contributed by atoms with Crippen LogP contribution in [0.2, 0.25) is 0 Å². The number of carbonyl (C=O) groups is 1. The minimum absolute atomic E-state index is 0.0741. The second kappa shape index (κ2) is 12.8. The molecule has 1 saturated carbocycles. The highest BCUT2D eigenvalue weighted by Gasteiger charge is 2.30. The van der Waals surface area contributed by atoms with Gasteiger partial charge in [0.15, 0.2) is 0 Å². The van der Waals surface area contributed by atoms with E-state index >= 15 is 0 Å². The molecule has 0 saturated heterocycles. The van der Waals surface area contributed by atoms with Gasteiger partial charge in [0.2, 0.25) is 0 Å². The van der Waals surface area contributed by atoms with E-state index in [2.05, 4.69) is 11.7 Å². The molecule has 0 radical (unpaired) electrons. The van der Waals surface area contributed by atoms with E-state index in [-0.39, 0.29) is 12.1 Å². The molecular weight excluding hydrogens is 288 g/mol. The van der Waals surface area contributed by atoms with Gasteiger partial charge in [-0.15, -0.1) is 0 Å². The van der Waals surface area contributed by atoms with Crippen molar-refractivity contribution in [3.8, 4) is 0 Å². The summed E-state index contributed by atoms with van der Waals surface area (Å²) >= 11 is 0. The van der Waals surface area contributed by atoms with E-state index in [9.17, 15) is 9.90 Å². The first-order valence-corrected chi connectivity index (χ1v) is 9.94. The van der Waals surface area contributed by atoms with Crippen LogP contribution in [0.25, 0.3) is 0 Å². The fourth-order valence-electron chi connectivity index (χ4n) is 4.06. The number of rotatable bonds is 12. The molecule has 3 nitrogen and oxygen atoms in total. The maximum Gasteiger partial charge on any atom is 0.305 e. The Bertz CT molecular complexity index is 303. The van der Waals surface area contributed by atoms with Crippen molar-refractivity contribution in [1.29, 1.82) is 0 Å². The molecule has 0 unspecified atom stereocenters. The summed E-state index contributed by atoms with van der Waals surface area (Å²) in [6, 6.07) is 0. The Kier molecular flexibility index (Phi) is 11.4. The van der Waals surface area contributed by atoms with Crippen molar-refractivity contribution >= 4 is 5.97 Å². The van der Waals surface area contributed by atoms with Gasteiger partial charge in [0.25, 0.3) is 0 Å². The molecule has 1 rings (SSSR count). The average Bonchev–Trinajstić information content (AvgIpc) is 2.56. The summed E-state index contributed by atoms with van der Waals surface area (Å²) in [7, 11) is 1.45. The summed E-state index contributed by atoms with van der Waals surface area (Å²) in [4.78, 5) is 11.1. The highest BCUT2D eigenvalue weighted by atomic mass is 16.5. The van der Waals surface area contributed by atoms with Crippen LogP contribution in [-0.4, -0.2) is 24.3 Å². The maximum atomic E-state index is 11.1. The molecule has 1 N–H and O–H groups in total. The molecule has 1 aliphatic rings. The maximum absolute atomic E-state index is 11.1. The molecular formula is C20H38O3. The topological polar surface area (TPSA) is 46.5 Å². The van der Waals surface area contributed by atoms with E-state index in [1.807, 2.05) is 0 Å². The minimum Gasteiger partial charge on any atom is -0.469 e. The molecule has 0 aromatic carbocycles. The van der Waals surface area contributed by atoms with Crippen LogP contribution in [0.15, 0.2) is 0 Å². The Labute approximate surface area is 143 Å². The predicted molar refractivity (Wildman–Crippen MR) is 95.3 cm³/mol. The van der Waals surface area contributed by atoms with Gasteiger partial charge in [0.1, 0.15) is 0 Å². The number of carbonyl (C=O) groups excluding carboxylic acids is 1. The van der Waals surface area contributed by atoms with E-state index in [0.717, 1.165) is 31.6 Å². The fraction of sp³-hybridized carbons (Fsp3) is 0.950. The lowest BCUT2D eigenvalue weighted by Crippen LogP contribution is -2.32. The lowest BCUT2D eigenvalue weighted by Gasteiger charge is -2.36. The minimum atomic E-state index is -0.0974. The Morgan fingerprint density at radius 2 is 1.70 bits per heavy atom. The summed E-state index contributed by atoms with van der Waals surface area (Å²) in [6.07, 6.45) is 16.2.